The zero-order valence-corrected chi connectivity index (χ0v) is 20.5. The van der Waals surface area contributed by atoms with Crippen molar-refractivity contribution < 1.29 is 28.5 Å². The Balaban J connectivity index is 1.75. The summed E-state index contributed by atoms with van der Waals surface area (Å²) in [5, 5.41) is 30.8. The van der Waals surface area contributed by atoms with Gasteiger partial charge in [-0.2, -0.15) is 0 Å². The fourth-order valence-corrected chi connectivity index (χ4v) is 8.06. The molecule has 4 rings (SSSR count). The number of hydrogen-bond acceptors (Lipinski definition) is 7. The van der Waals surface area contributed by atoms with Crippen molar-refractivity contribution in [1.29, 1.82) is 0 Å². The summed E-state index contributed by atoms with van der Waals surface area (Å²) in [7, 11) is -3.85. The summed E-state index contributed by atoms with van der Waals surface area (Å²) in [6, 6.07) is 6.50. The first-order valence-electron chi connectivity index (χ1n) is 11.0. The third kappa shape index (κ3) is 4.07. The molecule has 1 aromatic heterocycles. The van der Waals surface area contributed by atoms with E-state index in [1.54, 1.807) is 12.1 Å². The van der Waals surface area contributed by atoms with Gasteiger partial charge in [-0.05, 0) is 49.7 Å². The van der Waals surface area contributed by atoms with Crippen molar-refractivity contribution in [2.45, 2.75) is 63.4 Å². The molecule has 8 nitrogen and oxygen atoms in total. The molecule has 0 saturated heterocycles. The number of hydrogen-bond donors (Lipinski definition) is 4. The molecule has 180 valence electrons. The minimum Gasteiger partial charge on any atom is -0.481 e. The molecule has 10 heteroatoms. The zero-order chi connectivity index (χ0) is 24.2. The molecule has 2 aliphatic carbocycles. The number of aromatic nitrogens is 1. The Kier molecular flexibility index (Phi) is 6.09. The van der Waals surface area contributed by atoms with Crippen LogP contribution in [0.2, 0.25) is 0 Å². The lowest BCUT2D eigenvalue weighted by atomic mass is 9.47. The van der Waals surface area contributed by atoms with Gasteiger partial charge in [-0.3, -0.25) is 9.52 Å². The Morgan fingerprint density at radius 1 is 1.27 bits per heavy atom. The number of anilines is 1. The second-order valence-corrected chi connectivity index (χ2v) is 12.6. The van der Waals surface area contributed by atoms with Gasteiger partial charge in [0, 0.05) is 16.2 Å². The van der Waals surface area contributed by atoms with Gasteiger partial charge in [0.05, 0.1) is 29.7 Å². The highest BCUT2D eigenvalue weighted by Crippen LogP contribution is 2.62. The number of fused-ring (bicyclic) bond motifs is 2. The minimum atomic E-state index is -3.85. The lowest BCUT2D eigenvalue weighted by Gasteiger charge is -2.58. The van der Waals surface area contributed by atoms with E-state index in [1.807, 2.05) is 20.8 Å². The van der Waals surface area contributed by atoms with Crippen molar-refractivity contribution >= 4 is 32.5 Å². The van der Waals surface area contributed by atoms with Crippen LogP contribution in [-0.4, -0.2) is 47.4 Å². The molecule has 5 unspecified atom stereocenters. The lowest BCUT2D eigenvalue weighted by Crippen LogP contribution is -2.57. The highest BCUT2D eigenvalue weighted by atomic mass is 32.2. The van der Waals surface area contributed by atoms with Crippen LogP contribution in [0, 0.1) is 23.7 Å². The van der Waals surface area contributed by atoms with E-state index in [0.717, 1.165) is 10.4 Å². The summed E-state index contributed by atoms with van der Waals surface area (Å²) in [5.41, 5.74) is 0.274. The van der Waals surface area contributed by atoms with E-state index >= 15 is 0 Å². The van der Waals surface area contributed by atoms with Gasteiger partial charge in [-0.15, -0.1) is 11.3 Å². The number of carbonyl (C=O) groups is 1. The molecule has 0 aliphatic heterocycles. The molecular weight excluding hydrogens is 464 g/mol. The summed E-state index contributed by atoms with van der Waals surface area (Å²) < 4.78 is 28.3. The van der Waals surface area contributed by atoms with Crippen LogP contribution in [0.5, 0.6) is 0 Å². The fourth-order valence-electron chi connectivity index (χ4n) is 5.76. The van der Waals surface area contributed by atoms with Crippen LogP contribution in [0.4, 0.5) is 5.13 Å². The number of carboxylic acid groups (broad SMARTS) is 1. The van der Waals surface area contributed by atoms with E-state index in [2.05, 4.69) is 9.71 Å². The topological polar surface area (TPSA) is 137 Å². The van der Waals surface area contributed by atoms with Gasteiger partial charge in [-0.1, -0.05) is 31.5 Å². The third-order valence-electron chi connectivity index (χ3n) is 7.83. The normalized spacial score (nSPS) is 31.5. The standard InChI is InChI=1S/C23H30N2O6S2/c1-13-4-6-14(7-5-13)33(30,31)25-21-24-20-15(10-19(28)29)22(2)9-8-18(27)23(3,12-26)17(22)11-16(20)32-21/h4-7,15,17-18,26-27H,8-12H2,1-3H3,(H,24,25)(H,28,29). The number of sulfonamides is 1. The zero-order valence-electron chi connectivity index (χ0n) is 18.9. The SMILES string of the molecule is Cc1ccc(S(=O)(=O)Nc2nc3c(s2)CC2C(C)(CO)C(O)CCC2(C)C3CC(=O)O)cc1. The molecule has 1 saturated carbocycles. The third-order valence-corrected chi connectivity index (χ3v) is 10.3. The number of carboxylic acids is 1. The molecule has 1 heterocycles. The smallest absolute Gasteiger partial charge is 0.304 e. The van der Waals surface area contributed by atoms with E-state index in [9.17, 15) is 28.5 Å². The maximum atomic E-state index is 12.9. The van der Waals surface area contributed by atoms with Crippen LogP contribution in [0.1, 0.15) is 55.2 Å². The number of benzene rings is 1. The number of aliphatic carboxylic acids is 1. The summed E-state index contributed by atoms with van der Waals surface area (Å²) in [6.07, 6.45) is 0.728. The highest BCUT2D eigenvalue weighted by Gasteiger charge is 2.59. The molecule has 1 fully saturated rings. The Morgan fingerprint density at radius 3 is 2.55 bits per heavy atom. The van der Waals surface area contributed by atoms with E-state index in [1.165, 1.54) is 23.5 Å². The molecule has 1 aromatic carbocycles. The molecule has 2 aliphatic rings. The maximum Gasteiger partial charge on any atom is 0.304 e. The highest BCUT2D eigenvalue weighted by molar-refractivity contribution is 7.93. The first-order chi connectivity index (χ1) is 15.4. The fraction of sp³-hybridized carbons (Fsp3) is 0.565. The Labute approximate surface area is 197 Å². The number of aliphatic hydroxyl groups is 2. The average Bonchev–Trinajstić information content (AvgIpc) is 3.14. The van der Waals surface area contributed by atoms with Gasteiger partial charge in [-0.25, -0.2) is 13.4 Å². The van der Waals surface area contributed by atoms with Crippen LogP contribution < -0.4 is 4.72 Å². The molecule has 0 bridgehead atoms. The predicted molar refractivity (Wildman–Crippen MR) is 125 cm³/mol. The Morgan fingerprint density at radius 2 is 1.94 bits per heavy atom. The van der Waals surface area contributed by atoms with Crippen molar-refractivity contribution in [1.82, 2.24) is 4.98 Å². The number of nitrogens with zero attached hydrogens (tertiary/aromatic N) is 1. The van der Waals surface area contributed by atoms with Gasteiger partial charge in [0.25, 0.3) is 10.0 Å². The molecular formula is C23H30N2O6S2. The molecule has 2 aromatic rings. The van der Waals surface area contributed by atoms with E-state index < -0.39 is 38.8 Å². The largest absolute Gasteiger partial charge is 0.481 e. The van der Waals surface area contributed by atoms with Crippen LogP contribution in [0.15, 0.2) is 29.2 Å². The van der Waals surface area contributed by atoms with Crippen molar-refractivity contribution in [3.63, 3.8) is 0 Å². The van der Waals surface area contributed by atoms with Crippen LogP contribution >= 0.6 is 11.3 Å². The van der Waals surface area contributed by atoms with Gasteiger partial charge >= 0.3 is 5.97 Å². The second-order valence-electron chi connectivity index (χ2n) is 9.88. The Hall–Kier alpha value is -2.01. The summed E-state index contributed by atoms with van der Waals surface area (Å²) in [6.45, 7) is 5.53. The predicted octanol–water partition coefficient (Wildman–Crippen LogP) is 3.14. The van der Waals surface area contributed by atoms with Crippen LogP contribution in [0.25, 0.3) is 0 Å². The van der Waals surface area contributed by atoms with Gasteiger partial charge < -0.3 is 15.3 Å². The van der Waals surface area contributed by atoms with E-state index in [0.29, 0.717) is 25.0 Å². The quantitative estimate of drug-likeness (QED) is 0.484. The van der Waals surface area contributed by atoms with Crippen molar-refractivity contribution in [2.24, 2.45) is 16.7 Å². The van der Waals surface area contributed by atoms with Gasteiger partial charge in [0.15, 0.2) is 5.13 Å². The van der Waals surface area contributed by atoms with Gasteiger partial charge in [0.2, 0.25) is 0 Å². The molecule has 0 spiro atoms. The average molecular weight is 495 g/mol. The number of nitrogens with one attached hydrogen (secondary N) is 1. The lowest BCUT2D eigenvalue weighted by molar-refractivity contribution is -0.150. The second kappa shape index (κ2) is 8.33. The van der Waals surface area contributed by atoms with Crippen molar-refractivity contribution in [3.05, 3.63) is 40.4 Å². The first-order valence-corrected chi connectivity index (χ1v) is 13.3. The minimum absolute atomic E-state index is 0.125. The van der Waals surface area contributed by atoms with Crippen molar-refractivity contribution in [2.75, 3.05) is 11.3 Å². The first kappa shape index (κ1) is 24.1. The van der Waals surface area contributed by atoms with E-state index in [4.69, 9.17) is 0 Å². The summed E-state index contributed by atoms with van der Waals surface area (Å²) in [5.74, 6) is -1.58. The number of aryl methyl sites for hydroxylation is 1. The van der Waals surface area contributed by atoms with Crippen molar-refractivity contribution in [3.8, 4) is 0 Å². The van der Waals surface area contributed by atoms with Crippen LogP contribution in [0.3, 0.4) is 0 Å². The molecule has 4 N–H and O–H groups in total. The summed E-state index contributed by atoms with van der Waals surface area (Å²) >= 11 is 1.20. The van der Waals surface area contributed by atoms with Gasteiger partial charge in [0.1, 0.15) is 0 Å². The van der Waals surface area contributed by atoms with E-state index in [-0.39, 0.29) is 29.0 Å². The number of aliphatic hydroxyl groups excluding tert-OH is 2. The molecule has 5 atom stereocenters. The monoisotopic (exact) mass is 494 g/mol. The number of rotatable bonds is 6. The summed E-state index contributed by atoms with van der Waals surface area (Å²) in [4.78, 5) is 17.3. The molecule has 0 radical (unpaired) electrons. The maximum absolute atomic E-state index is 12.9. The molecule has 33 heavy (non-hydrogen) atoms. The Bertz CT molecular complexity index is 1160. The van der Waals surface area contributed by atoms with Crippen LogP contribution in [-0.2, 0) is 21.2 Å². The number of thiazole rings is 1. The molecule has 0 amide bonds.